The molecule has 0 aromatic heterocycles. The maximum Gasteiger partial charge on any atom is 0.224 e. The number of carbonyl (C=O) groups excluding carboxylic acids is 1. The lowest BCUT2D eigenvalue weighted by Gasteiger charge is -2.33. The summed E-state index contributed by atoms with van der Waals surface area (Å²) in [5.74, 6) is 0.537. The van der Waals surface area contributed by atoms with Gasteiger partial charge in [-0.2, -0.15) is 0 Å². The number of hydrogen-bond donors (Lipinski definition) is 0. The second-order valence-corrected chi connectivity index (χ2v) is 9.37. The fraction of sp³-hybridized carbons (Fsp3) is 0.542. The Morgan fingerprint density at radius 1 is 1.24 bits per heavy atom. The van der Waals surface area contributed by atoms with E-state index in [1.807, 2.05) is 6.08 Å². The van der Waals surface area contributed by atoms with E-state index < -0.39 is 0 Å². The number of rotatable bonds is 3. The summed E-state index contributed by atoms with van der Waals surface area (Å²) in [6.45, 7) is 2.65. The molecule has 1 aromatic carbocycles. The van der Waals surface area contributed by atoms with Gasteiger partial charge in [-0.25, -0.2) is 4.39 Å². The van der Waals surface area contributed by atoms with Crippen LogP contribution in [0.4, 0.5) is 4.39 Å². The molecule has 2 aliphatic carbocycles. The topological polar surface area (TPSA) is 29.5 Å². The predicted molar refractivity (Wildman–Crippen MR) is 112 cm³/mol. The fourth-order valence-electron chi connectivity index (χ4n) is 5.79. The van der Waals surface area contributed by atoms with E-state index in [0.29, 0.717) is 5.92 Å². The molecule has 2 heterocycles. The van der Waals surface area contributed by atoms with Gasteiger partial charge in [-0.1, -0.05) is 30.3 Å². The number of benzene rings is 1. The Kier molecular flexibility index (Phi) is 5.35. The van der Waals surface area contributed by atoms with Gasteiger partial charge in [0.05, 0.1) is 12.2 Å². The summed E-state index contributed by atoms with van der Waals surface area (Å²) in [6, 6.07) is 8.67. The van der Waals surface area contributed by atoms with Gasteiger partial charge in [-0.3, -0.25) is 4.79 Å². The van der Waals surface area contributed by atoms with E-state index >= 15 is 0 Å². The average Bonchev–Trinajstić information content (AvgIpc) is 3.08. The standard InChI is InChI=1S/C24H27ClFNO2/c25-24(28)15-7-9-27(10-8-15)14-19-13-22-20-4-2-1-3-16(20)11-17-5-6-18(26)12-21(17)23(22)29-19/h1-6,12,15,17,19,21-23H,7-11,13-14H2/t17?,19-,21?,22+,23-/m0/s1. The molecule has 154 valence electrons. The SMILES string of the molecule is O=C(Cl)C1CCN(C[C@@H]2C[C@@H]3c4ccccc4CC4C=CC(F)=CC4[C@@H]3O2)CC1. The number of ether oxygens (including phenoxy) is 1. The van der Waals surface area contributed by atoms with Crippen LogP contribution in [-0.2, 0) is 16.0 Å². The third kappa shape index (κ3) is 3.83. The first kappa shape index (κ1) is 19.5. The Morgan fingerprint density at radius 3 is 2.83 bits per heavy atom. The van der Waals surface area contributed by atoms with Crippen molar-refractivity contribution in [3.05, 3.63) is 59.4 Å². The molecule has 2 aliphatic heterocycles. The van der Waals surface area contributed by atoms with Crippen LogP contribution < -0.4 is 0 Å². The average molecular weight is 416 g/mol. The van der Waals surface area contributed by atoms with Crippen LogP contribution >= 0.6 is 11.6 Å². The molecule has 0 N–H and O–H groups in total. The third-order valence-corrected chi connectivity index (χ3v) is 7.58. The van der Waals surface area contributed by atoms with Gasteiger partial charge in [-0.15, -0.1) is 0 Å². The number of carbonyl (C=O) groups is 1. The quantitative estimate of drug-likeness (QED) is 0.675. The number of allylic oxidation sites excluding steroid dienone is 3. The van der Waals surface area contributed by atoms with Crippen LogP contribution in [0.25, 0.3) is 0 Å². The van der Waals surface area contributed by atoms with Crippen LogP contribution in [0, 0.1) is 17.8 Å². The van der Waals surface area contributed by atoms with Gasteiger partial charge in [-0.05, 0) is 79.6 Å². The first-order valence-electron chi connectivity index (χ1n) is 10.8. The van der Waals surface area contributed by atoms with Crippen molar-refractivity contribution < 1.29 is 13.9 Å². The lowest BCUT2D eigenvalue weighted by molar-refractivity contribution is -0.116. The van der Waals surface area contributed by atoms with Gasteiger partial charge in [0.15, 0.2) is 0 Å². The Hall–Kier alpha value is -1.49. The van der Waals surface area contributed by atoms with Crippen molar-refractivity contribution in [3.63, 3.8) is 0 Å². The third-order valence-electron chi connectivity index (χ3n) is 7.27. The summed E-state index contributed by atoms with van der Waals surface area (Å²) in [5.41, 5.74) is 2.75. The van der Waals surface area contributed by atoms with Crippen molar-refractivity contribution in [2.75, 3.05) is 19.6 Å². The minimum Gasteiger partial charge on any atom is -0.372 e. The van der Waals surface area contributed by atoms with E-state index in [4.69, 9.17) is 16.3 Å². The smallest absolute Gasteiger partial charge is 0.224 e. The second-order valence-electron chi connectivity index (χ2n) is 9.00. The molecule has 5 rings (SSSR count). The number of piperidine rings is 1. The van der Waals surface area contributed by atoms with Crippen molar-refractivity contribution in [1.29, 1.82) is 0 Å². The maximum absolute atomic E-state index is 14.1. The molecule has 4 aliphatic rings. The van der Waals surface area contributed by atoms with E-state index in [0.717, 1.165) is 45.3 Å². The number of hydrogen-bond acceptors (Lipinski definition) is 3. The molecule has 29 heavy (non-hydrogen) atoms. The summed E-state index contributed by atoms with van der Waals surface area (Å²) in [6.07, 6.45) is 9.16. The number of halogens is 2. The second kappa shape index (κ2) is 7.98. The number of fused-ring (bicyclic) bond motifs is 5. The monoisotopic (exact) mass is 415 g/mol. The molecule has 2 unspecified atom stereocenters. The van der Waals surface area contributed by atoms with E-state index in [2.05, 4.69) is 29.2 Å². The van der Waals surface area contributed by atoms with E-state index in [1.54, 1.807) is 12.2 Å². The zero-order valence-electron chi connectivity index (χ0n) is 16.5. The molecule has 0 bridgehead atoms. The van der Waals surface area contributed by atoms with Crippen molar-refractivity contribution in [2.24, 2.45) is 17.8 Å². The summed E-state index contributed by atoms with van der Waals surface area (Å²) in [5, 5.41) is -0.203. The summed E-state index contributed by atoms with van der Waals surface area (Å²) < 4.78 is 20.7. The van der Waals surface area contributed by atoms with Crippen LogP contribution in [-0.4, -0.2) is 42.0 Å². The summed E-state index contributed by atoms with van der Waals surface area (Å²) in [4.78, 5) is 13.8. The Labute approximate surface area is 176 Å². The zero-order valence-corrected chi connectivity index (χ0v) is 17.2. The van der Waals surface area contributed by atoms with E-state index in [9.17, 15) is 9.18 Å². The lowest BCUT2D eigenvalue weighted by Crippen LogP contribution is -2.40. The van der Waals surface area contributed by atoms with Crippen LogP contribution in [0.2, 0.25) is 0 Å². The van der Waals surface area contributed by atoms with E-state index in [-0.39, 0.29) is 41.0 Å². The minimum absolute atomic E-state index is 0.00159. The van der Waals surface area contributed by atoms with Crippen molar-refractivity contribution in [1.82, 2.24) is 4.90 Å². The molecule has 0 radical (unpaired) electrons. The van der Waals surface area contributed by atoms with E-state index in [1.165, 1.54) is 11.1 Å². The minimum atomic E-state index is -0.203. The van der Waals surface area contributed by atoms with Gasteiger partial charge in [0.1, 0.15) is 5.83 Å². The first-order valence-corrected chi connectivity index (χ1v) is 11.2. The normalized spacial score (nSPS) is 34.7. The van der Waals surface area contributed by atoms with Crippen molar-refractivity contribution in [2.45, 2.75) is 43.8 Å². The predicted octanol–water partition coefficient (Wildman–Crippen LogP) is 4.62. The molecule has 0 spiro atoms. The highest BCUT2D eigenvalue weighted by molar-refractivity contribution is 6.63. The number of likely N-dealkylation sites (tertiary alicyclic amines) is 1. The summed E-state index contributed by atoms with van der Waals surface area (Å²) in [7, 11) is 0. The highest BCUT2D eigenvalue weighted by Crippen LogP contribution is 2.48. The maximum atomic E-state index is 14.1. The molecular formula is C24H27ClFNO2. The molecule has 5 atom stereocenters. The number of nitrogens with zero attached hydrogens (tertiary/aromatic N) is 1. The lowest BCUT2D eigenvalue weighted by atomic mass is 9.79. The van der Waals surface area contributed by atoms with Gasteiger partial charge < -0.3 is 9.64 Å². The molecule has 2 saturated heterocycles. The largest absolute Gasteiger partial charge is 0.372 e. The Balaban J connectivity index is 1.35. The van der Waals surface area contributed by atoms with Crippen molar-refractivity contribution >= 4 is 16.8 Å². The van der Waals surface area contributed by atoms with Crippen LogP contribution in [0.1, 0.15) is 36.3 Å². The van der Waals surface area contributed by atoms with Crippen LogP contribution in [0.15, 0.2) is 48.3 Å². The summed E-state index contributed by atoms with van der Waals surface area (Å²) >= 11 is 5.67. The molecule has 0 amide bonds. The van der Waals surface area contributed by atoms with Gasteiger partial charge in [0, 0.05) is 24.3 Å². The Morgan fingerprint density at radius 2 is 2.03 bits per heavy atom. The van der Waals surface area contributed by atoms with Gasteiger partial charge >= 0.3 is 0 Å². The molecule has 0 saturated carbocycles. The Bertz CT molecular complexity index is 845. The fourth-order valence-corrected chi connectivity index (χ4v) is 6.00. The zero-order chi connectivity index (χ0) is 20.0. The highest BCUT2D eigenvalue weighted by atomic mass is 35.5. The molecule has 1 aromatic rings. The molecule has 5 heteroatoms. The molecule has 3 nitrogen and oxygen atoms in total. The van der Waals surface area contributed by atoms with Crippen LogP contribution in [0.5, 0.6) is 0 Å². The van der Waals surface area contributed by atoms with Crippen LogP contribution in [0.3, 0.4) is 0 Å². The van der Waals surface area contributed by atoms with Crippen molar-refractivity contribution in [3.8, 4) is 0 Å². The van der Waals surface area contributed by atoms with Gasteiger partial charge in [0.25, 0.3) is 0 Å². The molecule has 2 fully saturated rings. The highest BCUT2D eigenvalue weighted by Gasteiger charge is 2.46. The molecular weight excluding hydrogens is 389 g/mol. The van der Waals surface area contributed by atoms with Gasteiger partial charge in [0.2, 0.25) is 5.24 Å². The first-order chi connectivity index (χ1) is 14.1.